The number of pyridine rings is 1. The van der Waals surface area contributed by atoms with Crippen molar-refractivity contribution < 1.29 is 9.53 Å². The lowest BCUT2D eigenvalue weighted by Crippen LogP contribution is -2.17. The first-order valence-corrected chi connectivity index (χ1v) is 8.99. The molecule has 138 valence electrons. The second kappa shape index (κ2) is 8.56. The molecule has 0 aliphatic carbocycles. The van der Waals surface area contributed by atoms with E-state index in [9.17, 15) is 4.79 Å². The predicted molar refractivity (Wildman–Crippen MR) is 108 cm³/mol. The van der Waals surface area contributed by atoms with Gasteiger partial charge in [0.1, 0.15) is 11.6 Å². The number of nitrogens with one attached hydrogen (secondary N) is 1. The van der Waals surface area contributed by atoms with Crippen LogP contribution < -0.4 is 15.8 Å². The zero-order chi connectivity index (χ0) is 19.2. The van der Waals surface area contributed by atoms with Crippen molar-refractivity contribution in [2.45, 2.75) is 19.4 Å². The van der Waals surface area contributed by atoms with Crippen molar-refractivity contribution in [3.05, 3.63) is 83.0 Å². The molecule has 0 bridgehead atoms. The Morgan fingerprint density at radius 1 is 1.11 bits per heavy atom. The first kappa shape index (κ1) is 18.7. The molecular weight excluding hydrogens is 362 g/mol. The topological polar surface area (TPSA) is 77.2 Å². The van der Waals surface area contributed by atoms with Crippen molar-refractivity contribution in [2.24, 2.45) is 0 Å². The van der Waals surface area contributed by atoms with Crippen LogP contribution in [0.1, 0.15) is 30.5 Å². The third-order valence-corrected chi connectivity index (χ3v) is 4.51. The van der Waals surface area contributed by atoms with E-state index in [1.165, 1.54) is 0 Å². The molecular formula is C21H20ClN3O2. The quantitative estimate of drug-likeness (QED) is 0.363. The molecule has 1 atom stereocenters. The van der Waals surface area contributed by atoms with Gasteiger partial charge in [0, 0.05) is 18.2 Å². The number of esters is 1. The molecule has 1 aromatic heterocycles. The second-order valence-electron chi connectivity index (χ2n) is 5.91. The number of para-hydroxylation sites is 1. The zero-order valence-corrected chi connectivity index (χ0v) is 15.6. The number of hydrogen-bond donors (Lipinski definition) is 2. The van der Waals surface area contributed by atoms with Crippen LogP contribution in [-0.2, 0) is 4.79 Å². The Balaban J connectivity index is 2.10. The highest BCUT2D eigenvalue weighted by atomic mass is 35.5. The Kier molecular flexibility index (Phi) is 5.94. The van der Waals surface area contributed by atoms with Gasteiger partial charge in [-0.05, 0) is 29.8 Å². The highest BCUT2D eigenvalue weighted by molar-refractivity contribution is 6.34. The summed E-state index contributed by atoms with van der Waals surface area (Å²) in [6.45, 7) is 1.75. The summed E-state index contributed by atoms with van der Waals surface area (Å²) in [7, 11) is 0. The van der Waals surface area contributed by atoms with Crippen LogP contribution in [0, 0.1) is 0 Å². The number of halogens is 1. The van der Waals surface area contributed by atoms with Gasteiger partial charge in [0.15, 0.2) is 0 Å². The third-order valence-electron chi connectivity index (χ3n) is 4.07. The van der Waals surface area contributed by atoms with Gasteiger partial charge in [-0.15, -0.1) is 0 Å². The molecule has 3 aromatic rings. The fourth-order valence-corrected chi connectivity index (χ4v) is 2.95. The molecule has 2 aromatic carbocycles. The number of aromatic nitrogens is 1. The van der Waals surface area contributed by atoms with Gasteiger partial charge < -0.3 is 15.8 Å². The molecule has 0 aliphatic rings. The maximum Gasteiger partial charge on any atom is 0.310 e. The number of ether oxygens (including phenoxy) is 1. The van der Waals surface area contributed by atoms with Gasteiger partial charge in [0.2, 0.25) is 0 Å². The fraction of sp³-hybridized carbons (Fsp3) is 0.143. The van der Waals surface area contributed by atoms with Gasteiger partial charge in [-0.1, -0.05) is 54.9 Å². The Hall–Kier alpha value is -3.05. The average molecular weight is 382 g/mol. The monoisotopic (exact) mass is 381 g/mol. The molecule has 0 saturated heterocycles. The number of carbonyl (C=O) groups excluding carboxylic acids is 1. The number of benzene rings is 2. The maximum absolute atomic E-state index is 11.9. The van der Waals surface area contributed by atoms with Gasteiger partial charge in [-0.3, -0.25) is 4.79 Å². The second-order valence-corrected chi connectivity index (χ2v) is 6.29. The number of nitrogen functional groups attached to an aromatic ring is 1. The molecule has 6 heteroatoms. The van der Waals surface area contributed by atoms with Crippen LogP contribution >= 0.6 is 11.6 Å². The molecule has 0 fully saturated rings. The number of carbonyl (C=O) groups is 1. The van der Waals surface area contributed by atoms with E-state index in [2.05, 4.69) is 10.3 Å². The number of anilines is 2. The van der Waals surface area contributed by atoms with Crippen molar-refractivity contribution in [1.29, 1.82) is 0 Å². The molecule has 3 N–H and O–H groups in total. The first-order chi connectivity index (χ1) is 13.1. The SMILES string of the molecule is CCC(=O)Oc1ccccc1C(Nc1ccccn1)c1cccc(N)c1Cl. The maximum atomic E-state index is 11.9. The molecule has 0 aliphatic heterocycles. The number of rotatable bonds is 6. The summed E-state index contributed by atoms with van der Waals surface area (Å²) in [6, 6.07) is 18.0. The van der Waals surface area contributed by atoms with Crippen LogP contribution in [0.25, 0.3) is 0 Å². The van der Waals surface area contributed by atoms with E-state index in [0.717, 1.165) is 11.1 Å². The Morgan fingerprint density at radius 3 is 2.59 bits per heavy atom. The highest BCUT2D eigenvalue weighted by Gasteiger charge is 2.23. The van der Waals surface area contributed by atoms with Gasteiger partial charge in [0.25, 0.3) is 0 Å². The van der Waals surface area contributed by atoms with Crippen molar-refractivity contribution in [3.8, 4) is 5.75 Å². The molecule has 1 heterocycles. The minimum Gasteiger partial charge on any atom is -0.426 e. The molecule has 27 heavy (non-hydrogen) atoms. The number of nitrogens with zero attached hydrogens (tertiary/aromatic N) is 1. The third kappa shape index (κ3) is 4.38. The van der Waals surface area contributed by atoms with E-state index in [-0.39, 0.29) is 12.4 Å². The summed E-state index contributed by atoms with van der Waals surface area (Å²) in [5.41, 5.74) is 8.01. The average Bonchev–Trinajstić information content (AvgIpc) is 2.70. The summed E-state index contributed by atoms with van der Waals surface area (Å²) >= 11 is 6.50. The van der Waals surface area contributed by atoms with Crippen LogP contribution in [-0.4, -0.2) is 11.0 Å². The number of hydrogen-bond acceptors (Lipinski definition) is 5. The fourth-order valence-electron chi connectivity index (χ4n) is 2.72. The van der Waals surface area contributed by atoms with Gasteiger partial charge in [-0.2, -0.15) is 0 Å². The normalized spacial score (nSPS) is 11.6. The van der Waals surface area contributed by atoms with Gasteiger partial charge >= 0.3 is 5.97 Å². The zero-order valence-electron chi connectivity index (χ0n) is 14.9. The molecule has 0 radical (unpaired) electrons. The molecule has 0 spiro atoms. The summed E-state index contributed by atoms with van der Waals surface area (Å²) in [5, 5.41) is 3.82. The van der Waals surface area contributed by atoms with Crippen LogP contribution in [0.4, 0.5) is 11.5 Å². The van der Waals surface area contributed by atoms with E-state index < -0.39 is 6.04 Å². The minimum atomic E-state index is -0.406. The summed E-state index contributed by atoms with van der Waals surface area (Å²) < 4.78 is 5.53. The largest absolute Gasteiger partial charge is 0.426 e. The van der Waals surface area contributed by atoms with Crippen LogP contribution in [0.5, 0.6) is 5.75 Å². The smallest absolute Gasteiger partial charge is 0.310 e. The van der Waals surface area contributed by atoms with E-state index in [1.807, 2.05) is 48.5 Å². The molecule has 1 unspecified atom stereocenters. The molecule has 5 nitrogen and oxygen atoms in total. The van der Waals surface area contributed by atoms with Gasteiger partial charge in [-0.25, -0.2) is 4.98 Å². The highest BCUT2D eigenvalue weighted by Crippen LogP contribution is 2.37. The lowest BCUT2D eigenvalue weighted by Gasteiger charge is -2.24. The number of nitrogens with two attached hydrogens (primary N) is 1. The van der Waals surface area contributed by atoms with E-state index in [0.29, 0.717) is 22.3 Å². The summed E-state index contributed by atoms with van der Waals surface area (Å²) in [4.78, 5) is 16.2. The predicted octanol–water partition coefficient (Wildman–Crippen LogP) is 4.83. The van der Waals surface area contributed by atoms with Crippen molar-refractivity contribution in [3.63, 3.8) is 0 Å². The van der Waals surface area contributed by atoms with E-state index in [1.54, 1.807) is 25.3 Å². The Bertz CT molecular complexity index is 932. The lowest BCUT2D eigenvalue weighted by atomic mass is 9.97. The molecule has 0 saturated carbocycles. The summed E-state index contributed by atoms with van der Waals surface area (Å²) in [6.07, 6.45) is 1.98. The van der Waals surface area contributed by atoms with Crippen molar-refractivity contribution >= 4 is 29.1 Å². The van der Waals surface area contributed by atoms with Crippen LogP contribution in [0.15, 0.2) is 66.9 Å². The van der Waals surface area contributed by atoms with Gasteiger partial charge in [0.05, 0.1) is 16.8 Å². The molecule has 0 amide bonds. The standard InChI is InChI=1S/C21H20ClN3O2/c1-2-19(26)27-17-11-4-3-8-14(17)21(25-18-12-5-6-13-24-18)15-9-7-10-16(23)20(15)22/h3-13,21H,2,23H2,1H3,(H,24,25). The Morgan fingerprint density at radius 2 is 1.85 bits per heavy atom. The van der Waals surface area contributed by atoms with Crippen LogP contribution in [0.3, 0.4) is 0 Å². The van der Waals surface area contributed by atoms with Crippen LogP contribution in [0.2, 0.25) is 5.02 Å². The first-order valence-electron chi connectivity index (χ1n) is 8.61. The lowest BCUT2D eigenvalue weighted by molar-refractivity contribution is -0.134. The van der Waals surface area contributed by atoms with Crippen molar-refractivity contribution in [2.75, 3.05) is 11.1 Å². The Labute approximate surface area is 163 Å². The summed E-state index contributed by atoms with van der Waals surface area (Å²) in [5.74, 6) is 0.826. The minimum absolute atomic E-state index is 0.283. The van der Waals surface area contributed by atoms with Crippen molar-refractivity contribution in [1.82, 2.24) is 4.98 Å². The van der Waals surface area contributed by atoms with E-state index >= 15 is 0 Å². The molecule has 3 rings (SSSR count). The van der Waals surface area contributed by atoms with E-state index in [4.69, 9.17) is 22.1 Å².